The molecule has 1 atom stereocenters. The lowest BCUT2D eigenvalue weighted by Gasteiger charge is -2.31. The molecular weight excluding hydrogens is 380 g/mol. The Morgan fingerprint density at radius 1 is 1.40 bits per heavy atom. The lowest BCUT2D eigenvalue weighted by atomic mass is 9.97. The summed E-state index contributed by atoms with van der Waals surface area (Å²) in [6, 6.07) is 7.94. The number of piperidine rings is 1. The minimum Gasteiger partial charge on any atom is -0.497 e. The first-order chi connectivity index (χ1) is 14.6. The molecule has 7 nitrogen and oxygen atoms in total. The predicted molar refractivity (Wildman–Crippen MR) is 113 cm³/mol. The van der Waals surface area contributed by atoms with Gasteiger partial charge in [0.15, 0.2) is 11.6 Å². The van der Waals surface area contributed by atoms with Crippen LogP contribution >= 0.6 is 0 Å². The summed E-state index contributed by atoms with van der Waals surface area (Å²) < 4.78 is 11.4. The Balaban J connectivity index is 1.44. The number of oxazole rings is 1. The maximum Gasteiger partial charge on any atom is 0.274 e. The summed E-state index contributed by atoms with van der Waals surface area (Å²) in [5.74, 6) is 2.44. The molecule has 2 aromatic heterocycles. The Morgan fingerprint density at radius 2 is 2.27 bits per heavy atom. The number of likely N-dealkylation sites (tertiary alicyclic amines) is 1. The number of carbonyl (C=O) groups is 1. The van der Waals surface area contributed by atoms with Crippen LogP contribution in [0.3, 0.4) is 0 Å². The van der Waals surface area contributed by atoms with Gasteiger partial charge in [0.25, 0.3) is 5.91 Å². The predicted octanol–water partition coefficient (Wildman–Crippen LogP) is 3.89. The highest BCUT2D eigenvalue weighted by Gasteiger charge is 2.30. The summed E-state index contributed by atoms with van der Waals surface area (Å²) in [5.41, 5.74) is 3.60. The third kappa shape index (κ3) is 4.10. The Labute approximate surface area is 176 Å². The van der Waals surface area contributed by atoms with Gasteiger partial charge in [-0.1, -0.05) is 19.1 Å². The van der Waals surface area contributed by atoms with E-state index in [1.807, 2.05) is 36.1 Å². The molecule has 0 radical (unpaired) electrons. The fourth-order valence-corrected chi connectivity index (χ4v) is 4.08. The summed E-state index contributed by atoms with van der Waals surface area (Å²) >= 11 is 0. The van der Waals surface area contributed by atoms with E-state index in [0.29, 0.717) is 24.6 Å². The van der Waals surface area contributed by atoms with Gasteiger partial charge in [0.2, 0.25) is 0 Å². The maximum atomic E-state index is 13.0. The van der Waals surface area contributed by atoms with E-state index >= 15 is 0 Å². The second-order valence-corrected chi connectivity index (χ2v) is 7.81. The van der Waals surface area contributed by atoms with E-state index in [4.69, 9.17) is 9.15 Å². The normalized spacial score (nSPS) is 16.6. The van der Waals surface area contributed by atoms with Crippen molar-refractivity contribution in [2.24, 2.45) is 0 Å². The molecule has 158 valence electrons. The summed E-state index contributed by atoms with van der Waals surface area (Å²) in [6.45, 7) is 5.35. The molecule has 0 bridgehead atoms. The largest absolute Gasteiger partial charge is 0.497 e. The summed E-state index contributed by atoms with van der Waals surface area (Å²) in [4.78, 5) is 19.4. The van der Waals surface area contributed by atoms with E-state index < -0.39 is 0 Å². The number of ether oxygens (including phenoxy) is 1. The van der Waals surface area contributed by atoms with E-state index in [1.165, 1.54) is 0 Å². The second-order valence-electron chi connectivity index (χ2n) is 7.81. The lowest BCUT2D eigenvalue weighted by molar-refractivity contribution is 0.0691. The number of nitrogens with one attached hydrogen (secondary N) is 1. The molecule has 1 N–H and O–H groups in total. The topological polar surface area (TPSA) is 84.2 Å². The lowest BCUT2D eigenvalue weighted by Crippen LogP contribution is -2.39. The van der Waals surface area contributed by atoms with Crippen molar-refractivity contribution in [3.05, 3.63) is 64.6 Å². The molecule has 0 unspecified atom stereocenters. The number of hydrogen-bond donors (Lipinski definition) is 1. The minimum absolute atomic E-state index is 0.0173. The fraction of sp³-hybridized carbons (Fsp3) is 0.435. The fourth-order valence-electron chi connectivity index (χ4n) is 4.08. The van der Waals surface area contributed by atoms with Gasteiger partial charge >= 0.3 is 0 Å². The van der Waals surface area contributed by atoms with Crippen molar-refractivity contribution < 1.29 is 13.9 Å². The number of benzene rings is 1. The Hall–Kier alpha value is -3.09. The van der Waals surface area contributed by atoms with Crippen LogP contribution in [0.5, 0.6) is 5.75 Å². The molecule has 3 heterocycles. The van der Waals surface area contributed by atoms with E-state index in [-0.39, 0.29) is 11.8 Å². The molecule has 1 amide bonds. The number of amides is 1. The number of nitrogens with zero attached hydrogens (tertiary/aromatic N) is 3. The Bertz CT molecular complexity index is 1020. The van der Waals surface area contributed by atoms with E-state index in [0.717, 1.165) is 54.1 Å². The van der Waals surface area contributed by atoms with Crippen LogP contribution in [-0.2, 0) is 12.8 Å². The van der Waals surface area contributed by atoms with Crippen molar-refractivity contribution in [1.82, 2.24) is 20.1 Å². The monoisotopic (exact) mass is 408 g/mol. The third-order valence-corrected chi connectivity index (χ3v) is 5.81. The smallest absolute Gasteiger partial charge is 0.274 e. The van der Waals surface area contributed by atoms with Gasteiger partial charge in [-0.15, -0.1) is 0 Å². The van der Waals surface area contributed by atoms with Crippen LogP contribution in [-0.4, -0.2) is 46.2 Å². The average molecular weight is 409 g/mol. The van der Waals surface area contributed by atoms with Gasteiger partial charge in [-0.2, -0.15) is 5.10 Å². The molecule has 1 saturated heterocycles. The highest BCUT2D eigenvalue weighted by molar-refractivity contribution is 5.94. The molecule has 3 aromatic rings. The number of H-pyrrole nitrogens is 1. The van der Waals surface area contributed by atoms with Crippen molar-refractivity contribution in [2.75, 3.05) is 20.2 Å². The molecule has 1 fully saturated rings. The van der Waals surface area contributed by atoms with Gasteiger partial charge in [-0.25, -0.2) is 4.98 Å². The zero-order chi connectivity index (χ0) is 21.1. The van der Waals surface area contributed by atoms with Crippen molar-refractivity contribution >= 4 is 5.91 Å². The molecule has 0 aliphatic carbocycles. The van der Waals surface area contributed by atoms with Gasteiger partial charge in [0, 0.05) is 30.8 Å². The second kappa shape index (κ2) is 8.73. The average Bonchev–Trinajstić information content (AvgIpc) is 3.40. The molecule has 0 spiro atoms. The van der Waals surface area contributed by atoms with Crippen LogP contribution in [0.25, 0.3) is 0 Å². The van der Waals surface area contributed by atoms with Crippen LogP contribution in [0.15, 0.2) is 34.9 Å². The zero-order valence-electron chi connectivity index (χ0n) is 17.8. The Kier molecular flexibility index (Phi) is 5.88. The van der Waals surface area contributed by atoms with Gasteiger partial charge in [-0.05, 0) is 43.9 Å². The van der Waals surface area contributed by atoms with Crippen LogP contribution < -0.4 is 4.74 Å². The van der Waals surface area contributed by atoms with Crippen molar-refractivity contribution in [1.29, 1.82) is 0 Å². The van der Waals surface area contributed by atoms with Crippen molar-refractivity contribution in [3.63, 3.8) is 0 Å². The number of rotatable bonds is 6. The van der Waals surface area contributed by atoms with Crippen molar-refractivity contribution in [3.8, 4) is 5.75 Å². The van der Waals surface area contributed by atoms with Crippen LogP contribution in [0.4, 0.5) is 0 Å². The number of methoxy groups -OCH3 is 1. The summed E-state index contributed by atoms with van der Waals surface area (Å²) in [6.07, 6.45) is 5.17. The van der Waals surface area contributed by atoms with Crippen LogP contribution in [0.1, 0.15) is 64.6 Å². The standard InChI is InChI=1S/C23H28N4O3/c1-4-20-15(2)21(26-25-20)23(28)27-10-6-8-17(14-27)22-24-13-19(30-22)12-16-7-5-9-18(11-16)29-3/h5,7,9,11,13,17H,4,6,8,10,12,14H2,1-3H3,(H,25,26)/t17-/m1/s1. The first kappa shape index (κ1) is 20.2. The summed E-state index contributed by atoms with van der Waals surface area (Å²) in [7, 11) is 1.66. The van der Waals surface area contributed by atoms with E-state index in [2.05, 4.69) is 22.1 Å². The zero-order valence-corrected chi connectivity index (χ0v) is 17.8. The summed E-state index contributed by atoms with van der Waals surface area (Å²) in [5, 5.41) is 7.24. The van der Waals surface area contributed by atoms with Crippen molar-refractivity contribution in [2.45, 2.75) is 45.4 Å². The number of aromatic amines is 1. The maximum absolute atomic E-state index is 13.0. The third-order valence-electron chi connectivity index (χ3n) is 5.81. The number of hydrogen-bond acceptors (Lipinski definition) is 5. The molecule has 0 saturated carbocycles. The van der Waals surface area contributed by atoms with Gasteiger partial charge in [0.05, 0.1) is 19.2 Å². The van der Waals surface area contributed by atoms with E-state index in [9.17, 15) is 4.79 Å². The first-order valence-corrected chi connectivity index (χ1v) is 10.5. The number of aromatic nitrogens is 3. The quantitative estimate of drug-likeness (QED) is 0.669. The van der Waals surface area contributed by atoms with Crippen LogP contribution in [0.2, 0.25) is 0 Å². The SMILES string of the molecule is CCc1[nH]nc(C(=O)N2CCC[C@@H](c3ncc(Cc4cccc(OC)c4)o3)C2)c1C. The highest BCUT2D eigenvalue weighted by atomic mass is 16.5. The molecule has 1 aliphatic rings. The number of carbonyl (C=O) groups excluding carboxylic acids is 1. The molecule has 4 rings (SSSR count). The Morgan fingerprint density at radius 3 is 3.03 bits per heavy atom. The van der Waals surface area contributed by atoms with Gasteiger partial charge < -0.3 is 14.1 Å². The molecule has 1 aliphatic heterocycles. The van der Waals surface area contributed by atoms with Gasteiger partial charge in [0.1, 0.15) is 11.5 Å². The molecule has 7 heteroatoms. The molecular formula is C23H28N4O3. The minimum atomic E-state index is -0.0173. The van der Waals surface area contributed by atoms with Gasteiger partial charge in [-0.3, -0.25) is 9.89 Å². The van der Waals surface area contributed by atoms with E-state index in [1.54, 1.807) is 13.3 Å². The molecule has 30 heavy (non-hydrogen) atoms. The first-order valence-electron chi connectivity index (χ1n) is 10.5. The van der Waals surface area contributed by atoms with Crippen LogP contribution in [0, 0.1) is 6.92 Å². The highest BCUT2D eigenvalue weighted by Crippen LogP contribution is 2.28. The molecule has 1 aromatic carbocycles. The number of aryl methyl sites for hydroxylation is 1.